The molecule has 0 aromatic heterocycles. The van der Waals surface area contributed by atoms with Crippen LogP contribution in [-0.2, 0) is 4.74 Å². The Morgan fingerprint density at radius 2 is 1.95 bits per heavy atom. The van der Waals surface area contributed by atoms with Crippen LogP contribution in [0.15, 0.2) is 35.5 Å². The number of nitrogens with two attached hydrogens (primary N) is 1. The number of nitrogens with zero attached hydrogens (tertiary/aromatic N) is 1. The number of rotatable bonds is 3. The first kappa shape index (κ1) is 14.8. The summed E-state index contributed by atoms with van der Waals surface area (Å²) in [5.41, 5.74) is 5.67. The summed E-state index contributed by atoms with van der Waals surface area (Å²) < 4.78 is 5.14. The van der Waals surface area contributed by atoms with Crippen LogP contribution in [0.4, 0.5) is 4.79 Å². The molecule has 19 heavy (non-hydrogen) atoms. The van der Waals surface area contributed by atoms with Gasteiger partial charge in [-0.1, -0.05) is 35.5 Å². The van der Waals surface area contributed by atoms with Crippen molar-refractivity contribution >= 4 is 11.9 Å². The molecule has 0 saturated heterocycles. The molecule has 0 spiro atoms. The van der Waals surface area contributed by atoms with Crippen LogP contribution in [0, 0.1) is 0 Å². The van der Waals surface area contributed by atoms with Crippen molar-refractivity contribution in [2.75, 3.05) is 0 Å². The molecule has 0 aliphatic rings. The molecule has 0 heterocycles. The van der Waals surface area contributed by atoms with Crippen molar-refractivity contribution in [3.63, 3.8) is 0 Å². The maximum atomic E-state index is 11.7. The maximum Gasteiger partial charge on any atom is 0.408 e. The summed E-state index contributed by atoms with van der Waals surface area (Å²) in [6, 6.07) is 8.22. The monoisotopic (exact) mass is 265 g/mol. The fourth-order valence-corrected chi connectivity index (χ4v) is 1.46. The van der Waals surface area contributed by atoms with Crippen LogP contribution in [-0.4, -0.2) is 22.7 Å². The molecule has 0 bridgehead atoms. The van der Waals surface area contributed by atoms with Crippen molar-refractivity contribution in [2.45, 2.75) is 32.4 Å². The zero-order valence-electron chi connectivity index (χ0n) is 11.3. The Morgan fingerprint density at radius 1 is 1.37 bits per heavy atom. The molecule has 1 atom stereocenters. The first-order valence-corrected chi connectivity index (χ1v) is 5.85. The fourth-order valence-electron chi connectivity index (χ4n) is 1.46. The molecule has 6 heteroatoms. The summed E-state index contributed by atoms with van der Waals surface area (Å²) in [4.78, 5) is 11.7. The lowest BCUT2D eigenvalue weighted by Crippen LogP contribution is -2.40. The third-order valence-corrected chi connectivity index (χ3v) is 2.21. The van der Waals surface area contributed by atoms with Gasteiger partial charge in [0.1, 0.15) is 11.6 Å². The Labute approximate surface area is 112 Å². The van der Waals surface area contributed by atoms with Gasteiger partial charge in [-0.3, -0.25) is 0 Å². The number of amides is 1. The highest BCUT2D eigenvalue weighted by atomic mass is 16.6. The van der Waals surface area contributed by atoms with E-state index >= 15 is 0 Å². The summed E-state index contributed by atoms with van der Waals surface area (Å²) in [6.07, 6.45) is -0.632. The van der Waals surface area contributed by atoms with Crippen LogP contribution in [0.5, 0.6) is 0 Å². The van der Waals surface area contributed by atoms with Crippen molar-refractivity contribution in [3.8, 4) is 0 Å². The highest BCUT2D eigenvalue weighted by Gasteiger charge is 2.23. The molecule has 0 aliphatic carbocycles. The molecule has 1 aromatic carbocycles. The van der Waals surface area contributed by atoms with E-state index in [1.54, 1.807) is 45.0 Å². The predicted molar refractivity (Wildman–Crippen MR) is 72.0 cm³/mol. The van der Waals surface area contributed by atoms with Crippen LogP contribution in [0.3, 0.4) is 0 Å². The molecule has 0 saturated carbocycles. The fraction of sp³-hybridized carbons (Fsp3) is 0.385. The van der Waals surface area contributed by atoms with E-state index in [4.69, 9.17) is 15.7 Å². The quantitative estimate of drug-likeness (QED) is 0.337. The Bertz CT molecular complexity index is 452. The third-order valence-electron chi connectivity index (χ3n) is 2.21. The number of alkyl carbamates (subject to hydrolysis) is 1. The van der Waals surface area contributed by atoms with Gasteiger partial charge in [0.15, 0.2) is 5.84 Å². The normalized spacial score (nSPS) is 13.7. The average molecular weight is 265 g/mol. The second-order valence-electron chi connectivity index (χ2n) is 5.01. The highest BCUT2D eigenvalue weighted by Crippen LogP contribution is 2.14. The summed E-state index contributed by atoms with van der Waals surface area (Å²) in [6.45, 7) is 5.27. The van der Waals surface area contributed by atoms with Gasteiger partial charge in [0, 0.05) is 0 Å². The molecule has 1 amide bonds. The Kier molecular flexibility index (Phi) is 4.74. The maximum absolute atomic E-state index is 11.7. The van der Waals surface area contributed by atoms with Gasteiger partial charge in [0.2, 0.25) is 0 Å². The third kappa shape index (κ3) is 4.87. The van der Waals surface area contributed by atoms with Crippen LogP contribution in [0.2, 0.25) is 0 Å². The molecule has 1 rings (SSSR count). The molecule has 1 aromatic rings. The SMILES string of the molecule is CC(C)(C)OC(=O)N[C@@H](/C(N)=N\O)c1ccccc1. The lowest BCUT2D eigenvalue weighted by molar-refractivity contribution is 0.0517. The van der Waals surface area contributed by atoms with Gasteiger partial charge in [-0.05, 0) is 26.3 Å². The van der Waals surface area contributed by atoms with Crippen LogP contribution >= 0.6 is 0 Å². The average Bonchev–Trinajstić information content (AvgIpc) is 2.34. The molecule has 4 N–H and O–H groups in total. The number of amidine groups is 1. The second-order valence-corrected chi connectivity index (χ2v) is 5.01. The molecule has 0 aliphatic heterocycles. The number of carbonyl (C=O) groups is 1. The minimum atomic E-state index is -0.735. The van der Waals surface area contributed by atoms with E-state index in [9.17, 15) is 4.79 Å². The molecule has 0 fully saturated rings. The van der Waals surface area contributed by atoms with Gasteiger partial charge < -0.3 is 21.0 Å². The van der Waals surface area contributed by atoms with Crippen molar-refractivity contribution in [3.05, 3.63) is 35.9 Å². The Balaban J connectivity index is 2.86. The number of ether oxygens (including phenoxy) is 1. The van der Waals surface area contributed by atoms with Gasteiger partial charge in [-0.15, -0.1) is 0 Å². The molecule has 104 valence electrons. The van der Waals surface area contributed by atoms with E-state index in [2.05, 4.69) is 10.5 Å². The zero-order valence-corrected chi connectivity index (χ0v) is 11.3. The molecule has 6 nitrogen and oxygen atoms in total. The zero-order chi connectivity index (χ0) is 14.5. The van der Waals surface area contributed by atoms with Crippen LogP contribution in [0.25, 0.3) is 0 Å². The first-order valence-electron chi connectivity index (χ1n) is 5.85. The minimum Gasteiger partial charge on any atom is -0.444 e. The smallest absolute Gasteiger partial charge is 0.408 e. The largest absolute Gasteiger partial charge is 0.444 e. The summed E-state index contributed by atoms with van der Waals surface area (Å²) in [5, 5.41) is 14.3. The number of benzene rings is 1. The van der Waals surface area contributed by atoms with E-state index < -0.39 is 17.7 Å². The van der Waals surface area contributed by atoms with Crippen molar-refractivity contribution in [2.24, 2.45) is 10.9 Å². The highest BCUT2D eigenvalue weighted by molar-refractivity contribution is 5.89. The van der Waals surface area contributed by atoms with E-state index in [0.717, 1.165) is 0 Å². The Hall–Kier alpha value is -2.24. The summed E-state index contributed by atoms with van der Waals surface area (Å²) >= 11 is 0. The van der Waals surface area contributed by atoms with E-state index in [0.29, 0.717) is 5.56 Å². The topological polar surface area (TPSA) is 96.9 Å². The summed E-state index contributed by atoms with van der Waals surface area (Å²) in [5.74, 6) is -0.114. The van der Waals surface area contributed by atoms with Crippen molar-refractivity contribution in [1.29, 1.82) is 0 Å². The van der Waals surface area contributed by atoms with E-state index in [-0.39, 0.29) is 5.84 Å². The number of hydrogen-bond donors (Lipinski definition) is 3. The number of oxime groups is 1. The number of carbonyl (C=O) groups excluding carboxylic acids is 1. The molecule has 0 unspecified atom stereocenters. The van der Waals surface area contributed by atoms with Crippen molar-refractivity contribution < 1.29 is 14.7 Å². The van der Waals surface area contributed by atoms with Crippen LogP contribution < -0.4 is 11.1 Å². The molecular weight excluding hydrogens is 246 g/mol. The van der Waals surface area contributed by atoms with Crippen LogP contribution in [0.1, 0.15) is 32.4 Å². The molecular formula is C13H19N3O3. The lowest BCUT2D eigenvalue weighted by atomic mass is 10.1. The minimum absolute atomic E-state index is 0.114. The lowest BCUT2D eigenvalue weighted by Gasteiger charge is -2.23. The van der Waals surface area contributed by atoms with E-state index in [1.165, 1.54) is 0 Å². The van der Waals surface area contributed by atoms with Gasteiger partial charge in [-0.2, -0.15) is 0 Å². The standard InChI is InChI=1S/C13H19N3O3/c1-13(2,3)19-12(17)15-10(11(14)16-18)9-7-5-4-6-8-9/h4-8,10,18H,1-3H3,(H2,14,16)(H,15,17)/t10-/m1/s1. The molecule has 0 radical (unpaired) electrons. The van der Waals surface area contributed by atoms with Gasteiger partial charge in [-0.25, -0.2) is 4.79 Å². The number of hydrogen-bond acceptors (Lipinski definition) is 4. The van der Waals surface area contributed by atoms with Gasteiger partial charge in [0.25, 0.3) is 0 Å². The van der Waals surface area contributed by atoms with Gasteiger partial charge in [0.05, 0.1) is 0 Å². The predicted octanol–water partition coefficient (Wildman–Crippen LogP) is 2.00. The van der Waals surface area contributed by atoms with E-state index in [1.807, 2.05) is 6.07 Å². The van der Waals surface area contributed by atoms with Crippen molar-refractivity contribution in [1.82, 2.24) is 5.32 Å². The number of nitrogens with one attached hydrogen (secondary N) is 1. The Morgan fingerprint density at radius 3 is 2.42 bits per heavy atom. The second kappa shape index (κ2) is 6.08. The van der Waals surface area contributed by atoms with Gasteiger partial charge >= 0.3 is 6.09 Å². The first-order chi connectivity index (χ1) is 8.83. The summed E-state index contributed by atoms with van der Waals surface area (Å²) in [7, 11) is 0.